The number of nitrogens with two attached hydrogens (primary N) is 1. The highest BCUT2D eigenvalue weighted by Gasteiger charge is 1.99. The van der Waals surface area contributed by atoms with Gasteiger partial charge in [-0.1, -0.05) is 0 Å². The molecule has 0 aliphatic carbocycles. The van der Waals surface area contributed by atoms with Crippen molar-refractivity contribution in [1.82, 2.24) is 4.57 Å². The SMILES string of the molecule is N#Cc1cc(N)n(CCO)c1. The third kappa shape index (κ3) is 1.51. The highest BCUT2D eigenvalue weighted by molar-refractivity contribution is 5.41. The fraction of sp³-hybridized carbons (Fsp3) is 0.286. The molecule has 0 atom stereocenters. The summed E-state index contributed by atoms with van der Waals surface area (Å²) in [6.45, 7) is 0.470. The van der Waals surface area contributed by atoms with Gasteiger partial charge in [0.05, 0.1) is 12.2 Å². The van der Waals surface area contributed by atoms with Gasteiger partial charge in [-0.05, 0) is 6.07 Å². The molecule has 11 heavy (non-hydrogen) atoms. The zero-order chi connectivity index (χ0) is 8.27. The summed E-state index contributed by atoms with van der Waals surface area (Å²) in [7, 11) is 0. The zero-order valence-electron chi connectivity index (χ0n) is 5.99. The Balaban J connectivity index is 2.90. The van der Waals surface area contributed by atoms with Crippen molar-refractivity contribution in [3.8, 4) is 6.07 Å². The molecule has 1 aromatic rings. The summed E-state index contributed by atoms with van der Waals surface area (Å²) in [6, 6.07) is 3.54. The number of hydrogen-bond acceptors (Lipinski definition) is 3. The molecule has 0 saturated heterocycles. The van der Waals surface area contributed by atoms with E-state index in [9.17, 15) is 0 Å². The van der Waals surface area contributed by atoms with Crippen molar-refractivity contribution in [3.05, 3.63) is 17.8 Å². The molecule has 4 nitrogen and oxygen atoms in total. The van der Waals surface area contributed by atoms with Gasteiger partial charge < -0.3 is 15.4 Å². The lowest BCUT2D eigenvalue weighted by Gasteiger charge is -2.00. The normalized spacial score (nSPS) is 9.45. The van der Waals surface area contributed by atoms with Crippen LogP contribution < -0.4 is 5.73 Å². The number of nitrogens with zero attached hydrogens (tertiary/aromatic N) is 2. The van der Waals surface area contributed by atoms with E-state index in [1.165, 1.54) is 0 Å². The summed E-state index contributed by atoms with van der Waals surface area (Å²) in [5.74, 6) is 0.510. The smallest absolute Gasteiger partial charge is 0.104 e. The predicted octanol–water partition coefficient (Wildman–Crippen LogP) is -0.0657. The molecule has 1 aromatic heterocycles. The van der Waals surface area contributed by atoms with E-state index in [1.54, 1.807) is 16.8 Å². The fourth-order valence-corrected chi connectivity index (χ4v) is 0.884. The summed E-state index contributed by atoms with van der Waals surface area (Å²) in [6.07, 6.45) is 1.62. The molecule has 0 aromatic carbocycles. The Morgan fingerprint density at radius 2 is 2.45 bits per heavy atom. The molecule has 0 spiro atoms. The van der Waals surface area contributed by atoms with Crippen LogP contribution >= 0.6 is 0 Å². The molecule has 0 fully saturated rings. The van der Waals surface area contributed by atoms with Crippen LogP contribution in [0.4, 0.5) is 5.82 Å². The maximum Gasteiger partial charge on any atom is 0.104 e. The van der Waals surface area contributed by atoms with Crippen LogP contribution in [-0.2, 0) is 6.54 Å². The molecule has 0 aliphatic heterocycles. The van der Waals surface area contributed by atoms with Gasteiger partial charge in [-0.25, -0.2) is 0 Å². The Morgan fingerprint density at radius 3 is 2.91 bits per heavy atom. The third-order valence-electron chi connectivity index (χ3n) is 1.40. The van der Waals surface area contributed by atoms with Crippen molar-refractivity contribution in [2.45, 2.75) is 6.54 Å². The van der Waals surface area contributed by atoms with Gasteiger partial charge in [0.2, 0.25) is 0 Å². The lowest BCUT2D eigenvalue weighted by atomic mass is 10.4. The minimum absolute atomic E-state index is 0.0315. The van der Waals surface area contributed by atoms with Gasteiger partial charge in [-0.2, -0.15) is 5.26 Å². The molecule has 0 bridgehead atoms. The van der Waals surface area contributed by atoms with Crippen LogP contribution in [0.1, 0.15) is 5.56 Å². The Bertz CT molecular complexity index is 284. The third-order valence-corrected chi connectivity index (χ3v) is 1.40. The number of aliphatic hydroxyl groups is 1. The van der Waals surface area contributed by atoms with E-state index in [1.807, 2.05) is 6.07 Å². The summed E-state index contributed by atoms with van der Waals surface area (Å²) < 4.78 is 1.64. The maximum atomic E-state index is 8.57. The Labute approximate surface area is 64.5 Å². The van der Waals surface area contributed by atoms with Crippen molar-refractivity contribution in [3.63, 3.8) is 0 Å². The summed E-state index contributed by atoms with van der Waals surface area (Å²) >= 11 is 0. The minimum Gasteiger partial charge on any atom is -0.395 e. The van der Waals surface area contributed by atoms with Crippen LogP contribution in [0.25, 0.3) is 0 Å². The van der Waals surface area contributed by atoms with Crippen LogP contribution in [0.5, 0.6) is 0 Å². The van der Waals surface area contributed by atoms with Gasteiger partial charge in [0, 0.05) is 12.7 Å². The van der Waals surface area contributed by atoms with E-state index in [4.69, 9.17) is 16.1 Å². The molecule has 4 heteroatoms. The van der Waals surface area contributed by atoms with Crippen molar-refractivity contribution >= 4 is 5.82 Å². The first-order chi connectivity index (χ1) is 5.27. The summed E-state index contributed by atoms with van der Waals surface area (Å²) in [5, 5.41) is 17.0. The summed E-state index contributed by atoms with van der Waals surface area (Å²) in [5.41, 5.74) is 6.03. The number of hydrogen-bond donors (Lipinski definition) is 2. The molecule has 0 saturated carbocycles. The number of rotatable bonds is 2. The van der Waals surface area contributed by atoms with Gasteiger partial charge in [-0.15, -0.1) is 0 Å². The second kappa shape index (κ2) is 3.08. The monoisotopic (exact) mass is 151 g/mol. The summed E-state index contributed by atoms with van der Waals surface area (Å²) in [4.78, 5) is 0. The van der Waals surface area contributed by atoms with E-state index in [-0.39, 0.29) is 6.61 Å². The second-order valence-corrected chi connectivity index (χ2v) is 2.18. The van der Waals surface area contributed by atoms with E-state index >= 15 is 0 Å². The minimum atomic E-state index is 0.0315. The largest absolute Gasteiger partial charge is 0.395 e. The standard InChI is InChI=1S/C7H9N3O/c8-4-6-3-7(9)10(5-6)1-2-11/h3,5,11H,1-2,9H2. The van der Waals surface area contributed by atoms with Crippen molar-refractivity contribution in [2.24, 2.45) is 0 Å². The van der Waals surface area contributed by atoms with Gasteiger partial charge in [0.1, 0.15) is 11.9 Å². The lowest BCUT2D eigenvalue weighted by Crippen LogP contribution is -2.03. The molecule has 0 aliphatic rings. The number of nitrogen functional groups attached to an aromatic ring is 1. The van der Waals surface area contributed by atoms with Gasteiger partial charge >= 0.3 is 0 Å². The zero-order valence-corrected chi connectivity index (χ0v) is 5.99. The van der Waals surface area contributed by atoms with E-state index in [2.05, 4.69) is 0 Å². The molecular formula is C7H9N3O. The van der Waals surface area contributed by atoms with Crippen LogP contribution in [0.2, 0.25) is 0 Å². The average molecular weight is 151 g/mol. The Kier molecular flexibility index (Phi) is 2.14. The van der Waals surface area contributed by atoms with E-state index in [0.29, 0.717) is 17.9 Å². The Hall–Kier alpha value is -1.47. The molecule has 1 rings (SSSR count). The van der Waals surface area contributed by atoms with Gasteiger partial charge in [-0.3, -0.25) is 0 Å². The van der Waals surface area contributed by atoms with Gasteiger partial charge in [0.15, 0.2) is 0 Å². The highest BCUT2D eigenvalue weighted by Crippen LogP contribution is 2.08. The van der Waals surface area contributed by atoms with Gasteiger partial charge in [0.25, 0.3) is 0 Å². The highest BCUT2D eigenvalue weighted by atomic mass is 16.3. The molecule has 3 N–H and O–H groups in total. The van der Waals surface area contributed by atoms with Crippen LogP contribution in [-0.4, -0.2) is 16.3 Å². The van der Waals surface area contributed by atoms with Crippen LogP contribution in [0, 0.1) is 11.3 Å². The van der Waals surface area contributed by atoms with Crippen molar-refractivity contribution < 1.29 is 5.11 Å². The number of aromatic nitrogens is 1. The van der Waals surface area contributed by atoms with Crippen molar-refractivity contribution in [1.29, 1.82) is 5.26 Å². The molecule has 0 unspecified atom stereocenters. The molecule has 0 amide bonds. The molecule has 1 heterocycles. The van der Waals surface area contributed by atoms with Crippen molar-refractivity contribution in [2.75, 3.05) is 12.3 Å². The predicted molar refractivity (Wildman–Crippen MR) is 40.6 cm³/mol. The van der Waals surface area contributed by atoms with E-state index in [0.717, 1.165) is 0 Å². The molecule has 58 valence electrons. The quantitative estimate of drug-likeness (QED) is 0.621. The molecule has 0 radical (unpaired) electrons. The Morgan fingerprint density at radius 1 is 1.73 bits per heavy atom. The second-order valence-electron chi connectivity index (χ2n) is 2.18. The van der Waals surface area contributed by atoms with Crippen LogP contribution in [0.3, 0.4) is 0 Å². The maximum absolute atomic E-state index is 8.57. The van der Waals surface area contributed by atoms with Crippen LogP contribution in [0.15, 0.2) is 12.3 Å². The number of anilines is 1. The first-order valence-corrected chi connectivity index (χ1v) is 3.24. The first-order valence-electron chi connectivity index (χ1n) is 3.24. The fourth-order valence-electron chi connectivity index (χ4n) is 0.884. The number of aliphatic hydroxyl groups excluding tert-OH is 1. The number of nitriles is 1. The average Bonchev–Trinajstić information content (AvgIpc) is 2.33. The topological polar surface area (TPSA) is 75.0 Å². The first kappa shape index (κ1) is 7.63. The molecular weight excluding hydrogens is 142 g/mol. The van der Waals surface area contributed by atoms with E-state index < -0.39 is 0 Å². The lowest BCUT2D eigenvalue weighted by molar-refractivity contribution is 0.277.